The lowest BCUT2D eigenvalue weighted by Crippen LogP contribution is -2.38. The highest BCUT2D eigenvalue weighted by atomic mass is 16.3. The lowest BCUT2D eigenvalue weighted by Gasteiger charge is -2.35. The van der Waals surface area contributed by atoms with Gasteiger partial charge in [0.2, 0.25) is 0 Å². The number of aryl methyl sites for hydroxylation is 2. The lowest BCUT2D eigenvalue weighted by atomic mass is 9.91. The Bertz CT molecular complexity index is 378. The number of hydrogen-bond donors (Lipinski definition) is 1. The third-order valence-electron chi connectivity index (χ3n) is 4.08. The number of aliphatic hydroxyl groups excluding tert-OH is 1. The molecular formula is C16H25NO. The number of hydrogen-bond acceptors (Lipinski definition) is 2. The molecule has 1 aromatic carbocycles. The fraction of sp³-hybridized carbons (Fsp3) is 0.625. The quantitative estimate of drug-likeness (QED) is 0.863. The molecule has 1 aliphatic carbocycles. The fourth-order valence-corrected chi connectivity index (χ4v) is 2.70. The molecule has 1 unspecified atom stereocenters. The summed E-state index contributed by atoms with van der Waals surface area (Å²) in [5, 5.41) is 10.3. The van der Waals surface area contributed by atoms with Crippen LogP contribution in [-0.4, -0.2) is 29.6 Å². The highest BCUT2D eigenvalue weighted by molar-refractivity contribution is 5.29. The highest BCUT2D eigenvalue weighted by Crippen LogP contribution is 2.25. The van der Waals surface area contributed by atoms with E-state index in [-0.39, 0.29) is 6.10 Å². The van der Waals surface area contributed by atoms with Crippen molar-refractivity contribution in [1.29, 1.82) is 0 Å². The van der Waals surface area contributed by atoms with Crippen LogP contribution in [0.15, 0.2) is 18.2 Å². The third kappa shape index (κ3) is 3.33. The second-order valence-electron chi connectivity index (χ2n) is 5.79. The number of benzene rings is 1. The molecule has 0 heterocycles. The Kier molecular flexibility index (Phi) is 4.41. The summed E-state index contributed by atoms with van der Waals surface area (Å²) in [6.07, 6.45) is 4.53. The molecule has 1 aromatic rings. The molecule has 0 radical (unpaired) electrons. The minimum absolute atomic E-state index is 0.328. The average Bonchev–Trinajstić information content (AvgIpc) is 2.22. The van der Waals surface area contributed by atoms with Crippen molar-refractivity contribution in [2.45, 2.75) is 51.7 Å². The van der Waals surface area contributed by atoms with Crippen LogP contribution in [0.1, 0.15) is 48.5 Å². The van der Waals surface area contributed by atoms with Crippen molar-refractivity contribution in [3.8, 4) is 0 Å². The Labute approximate surface area is 111 Å². The van der Waals surface area contributed by atoms with Crippen LogP contribution in [0.3, 0.4) is 0 Å². The van der Waals surface area contributed by atoms with Crippen LogP contribution in [0.25, 0.3) is 0 Å². The number of rotatable bonds is 5. The van der Waals surface area contributed by atoms with Gasteiger partial charge in [0.25, 0.3) is 0 Å². The summed E-state index contributed by atoms with van der Waals surface area (Å²) in [6.45, 7) is 5.16. The van der Waals surface area contributed by atoms with E-state index in [0.29, 0.717) is 0 Å². The second-order valence-corrected chi connectivity index (χ2v) is 5.79. The van der Waals surface area contributed by atoms with E-state index in [1.807, 2.05) is 0 Å². The van der Waals surface area contributed by atoms with E-state index in [0.717, 1.165) is 24.6 Å². The molecule has 0 bridgehead atoms. The van der Waals surface area contributed by atoms with Crippen molar-refractivity contribution in [1.82, 2.24) is 4.90 Å². The molecular weight excluding hydrogens is 222 g/mol. The summed E-state index contributed by atoms with van der Waals surface area (Å²) in [6, 6.07) is 7.11. The Morgan fingerprint density at radius 1 is 1.22 bits per heavy atom. The predicted octanol–water partition coefficient (Wildman–Crippen LogP) is 3.21. The molecule has 1 aliphatic rings. The number of aliphatic hydroxyl groups is 1. The molecule has 2 rings (SSSR count). The molecule has 0 spiro atoms. The molecule has 1 saturated carbocycles. The summed E-state index contributed by atoms with van der Waals surface area (Å²) in [5.41, 5.74) is 3.53. The van der Waals surface area contributed by atoms with Crippen molar-refractivity contribution < 1.29 is 5.11 Å². The van der Waals surface area contributed by atoms with Gasteiger partial charge in [-0.3, -0.25) is 0 Å². The van der Waals surface area contributed by atoms with E-state index >= 15 is 0 Å². The molecule has 0 aromatic heterocycles. The van der Waals surface area contributed by atoms with Crippen LogP contribution in [-0.2, 0) is 0 Å². The zero-order valence-corrected chi connectivity index (χ0v) is 11.8. The first-order valence-electron chi connectivity index (χ1n) is 7.03. The topological polar surface area (TPSA) is 23.5 Å². The maximum atomic E-state index is 10.3. The van der Waals surface area contributed by atoms with Gasteiger partial charge in [-0.15, -0.1) is 0 Å². The lowest BCUT2D eigenvalue weighted by molar-refractivity contribution is 0.112. The van der Waals surface area contributed by atoms with E-state index in [2.05, 4.69) is 44.0 Å². The van der Waals surface area contributed by atoms with Gasteiger partial charge in [-0.1, -0.05) is 35.7 Å². The molecule has 2 nitrogen and oxygen atoms in total. The van der Waals surface area contributed by atoms with Gasteiger partial charge in [0.1, 0.15) is 0 Å². The smallest absolute Gasteiger partial charge is 0.0802 e. The van der Waals surface area contributed by atoms with Crippen molar-refractivity contribution >= 4 is 0 Å². The summed E-state index contributed by atoms with van der Waals surface area (Å²) >= 11 is 0. The van der Waals surface area contributed by atoms with Crippen LogP contribution >= 0.6 is 0 Å². The van der Waals surface area contributed by atoms with Crippen molar-refractivity contribution in [3.63, 3.8) is 0 Å². The van der Waals surface area contributed by atoms with Gasteiger partial charge in [0.15, 0.2) is 0 Å². The van der Waals surface area contributed by atoms with Gasteiger partial charge in [0.05, 0.1) is 6.10 Å². The van der Waals surface area contributed by atoms with E-state index in [1.165, 1.54) is 30.4 Å². The van der Waals surface area contributed by atoms with Gasteiger partial charge in [0, 0.05) is 12.6 Å². The molecule has 1 fully saturated rings. The summed E-state index contributed by atoms with van der Waals surface area (Å²) in [7, 11) is 2.18. The zero-order chi connectivity index (χ0) is 13.1. The molecule has 1 N–H and O–H groups in total. The molecule has 0 saturated heterocycles. The molecule has 1 atom stereocenters. The fourth-order valence-electron chi connectivity index (χ4n) is 2.70. The van der Waals surface area contributed by atoms with E-state index in [1.54, 1.807) is 0 Å². The molecule has 2 heteroatoms. The first-order chi connectivity index (χ1) is 8.56. The van der Waals surface area contributed by atoms with Crippen LogP contribution in [0.2, 0.25) is 0 Å². The Morgan fingerprint density at radius 3 is 2.33 bits per heavy atom. The molecule has 0 amide bonds. The summed E-state index contributed by atoms with van der Waals surface area (Å²) in [5.74, 6) is 0. The highest BCUT2D eigenvalue weighted by Gasteiger charge is 2.22. The maximum absolute atomic E-state index is 10.3. The third-order valence-corrected chi connectivity index (χ3v) is 4.08. The molecule has 18 heavy (non-hydrogen) atoms. The van der Waals surface area contributed by atoms with Crippen molar-refractivity contribution in [2.24, 2.45) is 0 Å². The minimum atomic E-state index is -0.328. The van der Waals surface area contributed by atoms with Gasteiger partial charge < -0.3 is 10.0 Å². The molecule has 0 aliphatic heterocycles. The Morgan fingerprint density at radius 2 is 1.83 bits per heavy atom. The van der Waals surface area contributed by atoms with Crippen LogP contribution < -0.4 is 0 Å². The van der Waals surface area contributed by atoms with Crippen molar-refractivity contribution in [2.75, 3.05) is 13.6 Å². The van der Waals surface area contributed by atoms with Gasteiger partial charge in [-0.25, -0.2) is 0 Å². The monoisotopic (exact) mass is 247 g/mol. The van der Waals surface area contributed by atoms with Gasteiger partial charge in [-0.05, 0) is 45.7 Å². The van der Waals surface area contributed by atoms with Crippen LogP contribution in [0.4, 0.5) is 0 Å². The van der Waals surface area contributed by atoms with Gasteiger partial charge in [-0.2, -0.15) is 0 Å². The average molecular weight is 247 g/mol. The second kappa shape index (κ2) is 5.85. The van der Waals surface area contributed by atoms with Crippen molar-refractivity contribution in [3.05, 3.63) is 34.9 Å². The largest absolute Gasteiger partial charge is 0.388 e. The first-order valence-corrected chi connectivity index (χ1v) is 7.03. The Balaban J connectivity index is 1.88. The van der Waals surface area contributed by atoms with E-state index in [9.17, 15) is 5.11 Å². The Hall–Kier alpha value is -0.860. The van der Waals surface area contributed by atoms with Crippen LogP contribution in [0, 0.1) is 13.8 Å². The minimum Gasteiger partial charge on any atom is -0.388 e. The normalized spacial score (nSPS) is 17.8. The van der Waals surface area contributed by atoms with E-state index < -0.39 is 0 Å². The summed E-state index contributed by atoms with van der Waals surface area (Å²) < 4.78 is 0. The molecule has 100 valence electrons. The standard InChI is InChI=1S/C16H25NO/c1-12-9-13(2)11-14(10-12)16(18)7-8-17(3)15-5-4-6-15/h9-11,15-16,18H,4-8H2,1-3H3. The first kappa shape index (κ1) is 13.6. The SMILES string of the molecule is Cc1cc(C)cc(C(O)CCN(C)C2CCC2)c1. The zero-order valence-electron chi connectivity index (χ0n) is 11.8. The van der Waals surface area contributed by atoms with E-state index in [4.69, 9.17) is 0 Å². The van der Waals surface area contributed by atoms with Crippen LogP contribution in [0.5, 0.6) is 0 Å². The van der Waals surface area contributed by atoms with Gasteiger partial charge >= 0.3 is 0 Å². The maximum Gasteiger partial charge on any atom is 0.0802 e. The number of nitrogens with zero attached hydrogens (tertiary/aromatic N) is 1. The predicted molar refractivity (Wildman–Crippen MR) is 75.8 cm³/mol. The summed E-state index contributed by atoms with van der Waals surface area (Å²) in [4.78, 5) is 2.40.